The van der Waals surface area contributed by atoms with Gasteiger partial charge in [-0.05, 0) is 25.2 Å². The van der Waals surface area contributed by atoms with Crippen molar-refractivity contribution >= 4 is 21.5 Å². The topological polar surface area (TPSA) is 86.3 Å². The third-order valence-corrected chi connectivity index (χ3v) is 4.29. The molecular formula is C11H15N5O2S. The maximum Gasteiger partial charge on any atom is 0.345 e. The first kappa shape index (κ1) is 13.7. The van der Waals surface area contributed by atoms with Gasteiger partial charge < -0.3 is 4.90 Å². The van der Waals surface area contributed by atoms with E-state index in [4.69, 9.17) is 5.26 Å². The first-order valence-electron chi connectivity index (χ1n) is 5.95. The van der Waals surface area contributed by atoms with Gasteiger partial charge in [0, 0.05) is 26.2 Å². The fraction of sp³-hybridized carbons (Fsp3) is 0.636. The molecule has 1 aliphatic heterocycles. The van der Waals surface area contributed by atoms with Crippen LogP contribution >= 0.6 is 11.3 Å². The molecule has 102 valence electrons. The lowest BCUT2D eigenvalue weighted by Crippen LogP contribution is -2.54. The molecule has 0 N–H and O–H groups in total. The number of nitriles is 1. The minimum absolute atomic E-state index is 0.0646. The van der Waals surface area contributed by atoms with Crippen LogP contribution in [0.25, 0.3) is 0 Å². The van der Waals surface area contributed by atoms with Gasteiger partial charge in [-0.3, -0.25) is 15.0 Å². The molecule has 1 aromatic heterocycles. The molecular weight excluding hydrogens is 266 g/mol. The molecule has 0 spiro atoms. The van der Waals surface area contributed by atoms with Crippen molar-refractivity contribution in [3.05, 3.63) is 16.3 Å². The van der Waals surface area contributed by atoms with Gasteiger partial charge in [-0.25, -0.2) is 4.98 Å². The fourth-order valence-corrected chi connectivity index (χ4v) is 2.80. The lowest BCUT2D eigenvalue weighted by Gasteiger charge is -2.40. The van der Waals surface area contributed by atoms with Gasteiger partial charge >= 0.3 is 5.00 Å². The number of nitrogens with zero attached hydrogens (tertiary/aromatic N) is 5. The molecule has 2 rings (SSSR count). The van der Waals surface area contributed by atoms with Crippen molar-refractivity contribution in [2.24, 2.45) is 0 Å². The van der Waals surface area contributed by atoms with Crippen LogP contribution in [0, 0.1) is 21.4 Å². The number of hydrogen-bond donors (Lipinski definition) is 0. The summed E-state index contributed by atoms with van der Waals surface area (Å²) < 4.78 is 0. The Morgan fingerprint density at radius 1 is 1.47 bits per heavy atom. The van der Waals surface area contributed by atoms with Gasteiger partial charge in [-0.2, -0.15) is 5.26 Å². The molecule has 19 heavy (non-hydrogen) atoms. The average Bonchev–Trinajstić information content (AvgIpc) is 2.88. The minimum Gasteiger partial charge on any atom is -0.345 e. The molecule has 2 heterocycles. The summed E-state index contributed by atoms with van der Waals surface area (Å²) in [6.07, 6.45) is 1.30. The van der Waals surface area contributed by atoms with Crippen LogP contribution in [0.2, 0.25) is 0 Å². The first-order chi connectivity index (χ1) is 8.94. The summed E-state index contributed by atoms with van der Waals surface area (Å²) in [4.78, 5) is 18.4. The fourth-order valence-electron chi connectivity index (χ4n) is 2.01. The van der Waals surface area contributed by atoms with E-state index in [1.807, 2.05) is 18.7 Å². The SMILES string of the molecule is CC(C)(C#N)N1CCN(c2ncc([N+](=O)[O-])s2)CC1. The summed E-state index contributed by atoms with van der Waals surface area (Å²) >= 11 is 1.09. The average molecular weight is 281 g/mol. The maximum absolute atomic E-state index is 10.6. The molecule has 0 bridgehead atoms. The van der Waals surface area contributed by atoms with Crippen LogP contribution in [-0.4, -0.2) is 46.5 Å². The van der Waals surface area contributed by atoms with Crippen molar-refractivity contribution in [3.8, 4) is 6.07 Å². The Bertz CT molecular complexity index is 513. The van der Waals surface area contributed by atoms with Crippen molar-refractivity contribution in [2.45, 2.75) is 19.4 Å². The van der Waals surface area contributed by atoms with Crippen LogP contribution in [0.1, 0.15) is 13.8 Å². The van der Waals surface area contributed by atoms with E-state index in [1.54, 1.807) is 0 Å². The smallest absolute Gasteiger partial charge is 0.345 e. The summed E-state index contributed by atoms with van der Waals surface area (Å²) in [6.45, 7) is 6.78. The van der Waals surface area contributed by atoms with E-state index < -0.39 is 10.5 Å². The van der Waals surface area contributed by atoms with Crippen LogP contribution in [0.15, 0.2) is 6.20 Å². The molecule has 1 fully saturated rings. The monoisotopic (exact) mass is 281 g/mol. The van der Waals surface area contributed by atoms with Gasteiger partial charge in [0.25, 0.3) is 0 Å². The standard InChI is InChI=1S/C11H15N5O2S/c1-11(2,8-12)15-5-3-14(4-6-15)10-13-7-9(19-10)16(17)18/h7H,3-6H2,1-2H3. The quantitative estimate of drug-likeness (QED) is 0.616. The number of piperazine rings is 1. The zero-order valence-corrected chi connectivity index (χ0v) is 11.7. The van der Waals surface area contributed by atoms with Gasteiger partial charge in [0.2, 0.25) is 0 Å². The molecule has 1 aliphatic rings. The largest absolute Gasteiger partial charge is 0.345 e. The van der Waals surface area contributed by atoms with Gasteiger partial charge in [0.05, 0.1) is 11.0 Å². The van der Waals surface area contributed by atoms with Crippen LogP contribution in [-0.2, 0) is 0 Å². The summed E-state index contributed by atoms with van der Waals surface area (Å²) in [5, 5.41) is 20.5. The zero-order valence-electron chi connectivity index (χ0n) is 10.9. The van der Waals surface area contributed by atoms with E-state index in [1.165, 1.54) is 6.20 Å². The van der Waals surface area contributed by atoms with E-state index in [2.05, 4.69) is 16.0 Å². The summed E-state index contributed by atoms with van der Waals surface area (Å²) in [7, 11) is 0. The van der Waals surface area contributed by atoms with E-state index in [9.17, 15) is 10.1 Å². The Morgan fingerprint density at radius 2 is 2.11 bits per heavy atom. The normalized spacial score (nSPS) is 17.2. The third kappa shape index (κ3) is 2.83. The Morgan fingerprint density at radius 3 is 2.58 bits per heavy atom. The van der Waals surface area contributed by atoms with Gasteiger partial charge in [0.15, 0.2) is 5.13 Å². The predicted octanol–water partition coefficient (Wildman–Crippen LogP) is 1.48. The first-order valence-corrected chi connectivity index (χ1v) is 6.77. The second kappa shape index (κ2) is 5.11. The lowest BCUT2D eigenvalue weighted by atomic mass is 10.0. The zero-order chi connectivity index (χ0) is 14.0. The van der Waals surface area contributed by atoms with Gasteiger partial charge in [0.1, 0.15) is 11.7 Å². The summed E-state index contributed by atoms with van der Waals surface area (Å²) in [5.41, 5.74) is -0.471. The number of hydrogen-bond acceptors (Lipinski definition) is 7. The van der Waals surface area contributed by atoms with Crippen molar-refractivity contribution < 1.29 is 4.92 Å². The van der Waals surface area contributed by atoms with Crippen molar-refractivity contribution in [1.82, 2.24) is 9.88 Å². The highest BCUT2D eigenvalue weighted by molar-refractivity contribution is 7.18. The van der Waals surface area contributed by atoms with Gasteiger partial charge in [-0.15, -0.1) is 0 Å². The van der Waals surface area contributed by atoms with E-state index in [0.717, 1.165) is 37.5 Å². The summed E-state index contributed by atoms with van der Waals surface area (Å²) in [5.74, 6) is 0. The maximum atomic E-state index is 10.6. The van der Waals surface area contributed by atoms with Crippen LogP contribution in [0.4, 0.5) is 10.1 Å². The Balaban J connectivity index is 2.00. The van der Waals surface area contributed by atoms with E-state index in [0.29, 0.717) is 5.13 Å². The number of thiazole rings is 1. The minimum atomic E-state index is -0.471. The van der Waals surface area contributed by atoms with E-state index >= 15 is 0 Å². The highest BCUT2D eigenvalue weighted by Gasteiger charge is 2.30. The predicted molar refractivity (Wildman–Crippen MR) is 72.2 cm³/mol. The number of aromatic nitrogens is 1. The molecule has 0 unspecified atom stereocenters. The molecule has 0 amide bonds. The highest BCUT2D eigenvalue weighted by atomic mass is 32.1. The van der Waals surface area contributed by atoms with Gasteiger partial charge in [-0.1, -0.05) is 0 Å². The third-order valence-electron chi connectivity index (χ3n) is 3.28. The van der Waals surface area contributed by atoms with Crippen molar-refractivity contribution in [1.29, 1.82) is 5.26 Å². The van der Waals surface area contributed by atoms with Crippen molar-refractivity contribution in [2.75, 3.05) is 31.1 Å². The molecule has 0 saturated carbocycles. The molecule has 7 nitrogen and oxygen atoms in total. The van der Waals surface area contributed by atoms with Crippen molar-refractivity contribution in [3.63, 3.8) is 0 Å². The molecule has 1 aromatic rings. The molecule has 0 aliphatic carbocycles. The highest BCUT2D eigenvalue weighted by Crippen LogP contribution is 2.29. The molecule has 0 radical (unpaired) electrons. The number of anilines is 1. The molecule has 0 aromatic carbocycles. The summed E-state index contributed by atoms with van der Waals surface area (Å²) in [6, 6.07) is 2.29. The number of rotatable bonds is 3. The Kier molecular flexibility index (Phi) is 3.68. The van der Waals surface area contributed by atoms with Crippen LogP contribution < -0.4 is 4.90 Å². The van der Waals surface area contributed by atoms with E-state index in [-0.39, 0.29) is 5.00 Å². The lowest BCUT2D eigenvalue weighted by molar-refractivity contribution is -0.380. The molecule has 8 heteroatoms. The van der Waals surface area contributed by atoms with Crippen LogP contribution in [0.5, 0.6) is 0 Å². The molecule has 1 saturated heterocycles. The second-order valence-corrected chi connectivity index (χ2v) is 5.87. The second-order valence-electron chi connectivity index (χ2n) is 4.88. The Labute approximate surface area is 115 Å². The Hall–Kier alpha value is -1.72. The van der Waals surface area contributed by atoms with Crippen LogP contribution in [0.3, 0.4) is 0 Å². The molecule has 0 atom stereocenters. The number of nitro groups is 1.